The second-order valence-corrected chi connectivity index (χ2v) is 6.35. The lowest BCUT2D eigenvalue weighted by atomic mass is 10.1. The molecular weight excluding hydrogens is 358 g/mol. The number of nitrogens with one attached hydrogen (secondary N) is 1. The molecule has 1 aliphatic heterocycles. The molecule has 0 radical (unpaired) electrons. The normalized spacial score (nSPS) is 12.9. The quantitative estimate of drug-likeness (QED) is 0.667. The summed E-state index contributed by atoms with van der Waals surface area (Å²) in [5.41, 5.74) is 2.34. The van der Waals surface area contributed by atoms with Crippen LogP contribution in [0.5, 0.6) is 0 Å². The molecule has 0 unspecified atom stereocenters. The van der Waals surface area contributed by atoms with E-state index in [9.17, 15) is 14.4 Å². The van der Waals surface area contributed by atoms with Gasteiger partial charge in [0.25, 0.3) is 11.8 Å². The van der Waals surface area contributed by atoms with Crippen molar-refractivity contribution in [2.45, 2.75) is 12.8 Å². The molecule has 0 atom stereocenters. The number of carbonyl (C=O) groups is 3. The van der Waals surface area contributed by atoms with E-state index in [4.69, 9.17) is 0 Å². The zero-order chi connectivity index (χ0) is 19.5. The van der Waals surface area contributed by atoms with Crippen molar-refractivity contribution in [3.05, 3.63) is 72.3 Å². The number of rotatable bonds is 6. The van der Waals surface area contributed by atoms with Crippen LogP contribution in [0.4, 0.5) is 5.69 Å². The molecule has 0 aliphatic carbocycles. The molecule has 0 fully saturated rings. The minimum Gasteiger partial charge on any atom is -0.326 e. The average Bonchev–Trinajstić information content (AvgIpc) is 3.32. The van der Waals surface area contributed by atoms with E-state index in [0.717, 1.165) is 5.69 Å². The molecule has 3 aromatic rings. The van der Waals surface area contributed by atoms with Crippen molar-refractivity contribution in [2.24, 2.45) is 0 Å². The van der Waals surface area contributed by atoms with Crippen LogP contribution in [0.3, 0.4) is 0 Å². The third-order valence-electron chi connectivity index (χ3n) is 4.50. The Morgan fingerprint density at radius 2 is 1.64 bits per heavy atom. The molecular formula is C20H17N5O3. The van der Waals surface area contributed by atoms with Crippen molar-refractivity contribution >= 4 is 23.4 Å². The predicted molar refractivity (Wildman–Crippen MR) is 101 cm³/mol. The van der Waals surface area contributed by atoms with Crippen molar-refractivity contribution in [3.8, 4) is 5.69 Å². The molecule has 0 saturated heterocycles. The van der Waals surface area contributed by atoms with Crippen LogP contribution in [0.1, 0.15) is 33.6 Å². The Balaban J connectivity index is 1.28. The molecule has 1 aromatic heterocycles. The highest BCUT2D eigenvalue weighted by Crippen LogP contribution is 2.22. The molecule has 3 amide bonds. The maximum Gasteiger partial charge on any atom is 0.261 e. The number of fused-ring (bicyclic) bond motifs is 1. The third-order valence-corrected chi connectivity index (χ3v) is 4.50. The number of hydrogen-bond acceptors (Lipinski definition) is 5. The first-order chi connectivity index (χ1) is 13.6. The molecule has 8 nitrogen and oxygen atoms in total. The average molecular weight is 375 g/mol. The molecule has 0 saturated carbocycles. The molecule has 4 rings (SSSR count). The van der Waals surface area contributed by atoms with Crippen LogP contribution in [-0.4, -0.2) is 43.9 Å². The summed E-state index contributed by atoms with van der Waals surface area (Å²) in [7, 11) is 0. The molecule has 140 valence electrons. The fourth-order valence-corrected chi connectivity index (χ4v) is 3.10. The first-order valence-corrected chi connectivity index (χ1v) is 8.83. The Morgan fingerprint density at radius 1 is 0.964 bits per heavy atom. The highest BCUT2D eigenvalue weighted by Gasteiger charge is 2.34. The number of aromatic nitrogens is 3. The van der Waals surface area contributed by atoms with Gasteiger partial charge >= 0.3 is 0 Å². The first kappa shape index (κ1) is 17.6. The summed E-state index contributed by atoms with van der Waals surface area (Å²) in [5, 5.41) is 6.85. The van der Waals surface area contributed by atoms with Gasteiger partial charge in [0.15, 0.2) is 0 Å². The SMILES string of the molecule is O=C(CCCN1C(=O)c2ccccc2C1=O)Nc1ccc(-n2cncn2)cc1. The fraction of sp³-hybridized carbons (Fsp3) is 0.150. The van der Waals surface area contributed by atoms with E-state index >= 15 is 0 Å². The second kappa shape index (κ2) is 7.43. The maximum atomic E-state index is 12.3. The van der Waals surface area contributed by atoms with Gasteiger partial charge in [-0.2, -0.15) is 5.10 Å². The van der Waals surface area contributed by atoms with E-state index in [1.54, 1.807) is 47.4 Å². The fourth-order valence-electron chi connectivity index (χ4n) is 3.10. The lowest BCUT2D eigenvalue weighted by molar-refractivity contribution is -0.116. The van der Waals surface area contributed by atoms with Crippen molar-refractivity contribution in [1.29, 1.82) is 0 Å². The van der Waals surface area contributed by atoms with Crippen LogP contribution in [-0.2, 0) is 4.79 Å². The van der Waals surface area contributed by atoms with E-state index in [0.29, 0.717) is 23.2 Å². The Bertz CT molecular complexity index is 993. The van der Waals surface area contributed by atoms with Gasteiger partial charge in [0.1, 0.15) is 12.7 Å². The molecule has 2 aromatic carbocycles. The summed E-state index contributed by atoms with van der Waals surface area (Å²) in [6.07, 6.45) is 3.64. The highest BCUT2D eigenvalue weighted by molar-refractivity contribution is 6.21. The van der Waals surface area contributed by atoms with Crippen LogP contribution < -0.4 is 5.32 Å². The van der Waals surface area contributed by atoms with Crippen molar-refractivity contribution in [3.63, 3.8) is 0 Å². The zero-order valence-electron chi connectivity index (χ0n) is 14.9. The summed E-state index contributed by atoms with van der Waals surface area (Å²) in [4.78, 5) is 41.8. The van der Waals surface area contributed by atoms with Gasteiger partial charge in [-0.1, -0.05) is 12.1 Å². The lowest BCUT2D eigenvalue weighted by Gasteiger charge is -2.13. The predicted octanol–water partition coefficient (Wildman–Crippen LogP) is 2.28. The smallest absolute Gasteiger partial charge is 0.261 e. The number of anilines is 1. The summed E-state index contributed by atoms with van der Waals surface area (Å²) < 4.78 is 1.62. The van der Waals surface area contributed by atoms with Crippen LogP contribution in [0, 0.1) is 0 Å². The van der Waals surface area contributed by atoms with Crippen LogP contribution in [0.15, 0.2) is 61.2 Å². The van der Waals surface area contributed by atoms with Gasteiger partial charge in [-0.3, -0.25) is 19.3 Å². The number of carbonyl (C=O) groups excluding carboxylic acids is 3. The van der Waals surface area contributed by atoms with Crippen LogP contribution in [0.2, 0.25) is 0 Å². The van der Waals surface area contributed by atoms with Gasteiger partial charge in [-0.25, -0.2) is 9.67 Å². The monoisotopic (exact) mass is 375 g/mol. The third kappa shape index (κ3) is 3.39. The molecule has 0 spiro atoms. The van der Waals surface area contributed by atoms with E-state index < -0.39 is 0 Å². The number of benzene rings is 2. The molecule has 28 heavy (non-hydrogen) atoms. The van der Waals surface area contributed by atoms with Gasteiger partial charge < -0.3 is 5.32 Å². The van der Waals surface area contributed by atoms with Gasteiger partial charge in [-0.05, 0) is 42.8 Å². The Morgan fingerprint density at radius 3 is 2.25 bits per heavy atom. The summed E-state index contributed by atoms with van der Waals surface area (Å²) in [6, 6.07) is 13.9. The van der Waals surface area contributed by atoms with Gasteiger partial charge in [-0.15, -0.1) is 0 Å². The Kier molecular flexibility index (Phi) is 4.67. The molecule has 1 aliphatic rings. The Hall–Kier alpha value is -3.81. The lowest BCUT2D eigenvalue weighted by Crippen LogP contribution is -2.31. The van der Waals surface area contributed by atoms with Crippen molar-refractivity contribution in [2.75, 3.05) is 11.9 Å². The first-order valence-electron chi connectivity index (χ1n) is 8.83. The topological polar surface area (TPSA) is 97.2 Å². The van der Waals surface area contributed by atoms with Crippen LogP contribution in [0.25, 0.3) is 5.69 Å². The number of amides is 3. The minimum atomic E-state index is -0.301. The van der Waals surface area contributed by atoms with Gasteiger partial charge in [0.2, 0.25) is 5.91 Å². The van der Waals surface area contributed by atoms with Gasteiger partial charge in [0, 0.05) is 18.7 Å². The minimum absolute atomic E-state index is 0.176. The van der Waals surface area contributed by atoms with Crippen molar-refractivity contribution < 1.29 is 14.4 Å². The van der Waals surface area contributed by atoms with E-state index in [1.807, 2.05) is 12.1 Å². The molecule has 1 N–H and O–H groups in total. The van der Waals surface area contributed by atoms with E-state index in [1.165, 1.54) is 11.2 Å². The van der Waals surface area contributed by atoms with Crippen molar-refractivity contribution in [1.82, 2.24) is 19.7 Å². The van der Waals surface area contributed by atoms with E-state index in [2.05, 4.69) is 15.4 Å². The molecule has 2 heterocycles. The summed E-state index contributed by atoms with van der Waals surface area (Å²) in [6.45, 7) is 0.213. The summed E-state index contributed by atoms with van der Waals surface area (Å²) in [5.74, 6) is -0.778. The summed E-state index contributed by atoms with van der Waals surface area (Å²) >= 11 is 0. The zero-order valence-corrected chi connectivity index (χ0v) is 14.9. The number of hydrogen-bond donors (Lipinski definition) is 1. The van der Waals surface area contributed by atoms with Crippen LogP contribution >= 0.6 is 0 Å². The maximum absolute atomic E-state index is 12.3. The highest BCUT2D eigenvalue weighted by atomic mass is 16.2. The largest absolute Gasteiger partial charge is 0.326 e. The molecule has 0 bridgehead atoms. The Labute approximate surface area is 160 Å². The standard InChI is InChI=1S/C20H17N5O3/c26-18(23-14-7-9-15(10-8-14)25-13-21-12-22-25)6-3-11-24-19(27)16-4-1-2-5-17(16)20(24)28/h1-2,4-5,7-10,12-13H,3,6,11H2,(H,23,26). The number of nitrogens with zero attached hydrogens (tertiary/aromatic N) is 4. The molecule has 8 heteroatoms. The van der Waals surface area contributed by atoms with E-state index in [-0.39, 0.29) is 30.7 Å². The van der Waals surface area contributed by atoms with Gasteiger partial charge in [0.05, 0.1) is 16.8 Å². The number of imide groups is 1. The second-order valence-electron chi connectivity index (χ2n) is 6.35.